The van der Waals surface area contributed by atoms with Gasteiger partial charge in [-0.1, -0.05) is 24.3 Å². The maximum Gasteiger partial charge on any atom is 0.246 e. The molecule has 6 heteroatoms. The van der Waals surface area contributed by atoms with Crippen LogP contribution in [0, 0.1) is 0 Å². The van der Waals surface area contributed by atoms with Gasteiger partial charge in [-0.3, -0.25) is 4.79 Å². The van der Waals surface area contributed by atoms with Crippen molar-refractivity contribution in [2.75, 3.05) is 20.2 Å². The molecule has 0 aliphatic carbocycles. The largest absolute Gasteiger partial charge is 0.486 e. The molecular formula is C20H18N2O4. The standard InChI is InChI=1S/C20H18N2O4/c1-22(12-14-13-24-17-8-4-5-9-18(17)25-14)20(23)11-10-19-21-15-6-2-3-7-16(15)26-19/h2-11,14H,12-13H2,1H3/b11-10+. The molecule has 0 saturated carbocycles. The number of ether oxygens (including phenoxy) is 2. The number of carbonyl (C=O) groups excluding carboxylic acids is 1. The average Bonchev–Trinajstić information content (AvgIpc) is 3.09. The SMILES string of the molecule is CN(CC1COc2ccccc2O1)C(=O)/C=C/c1nc2ccccc2o1. The van der Waals surface area contributed by atoms with Crippen molar-refractivity contribution in [3.8, 4) is 11.5 Å². The van der Waals surface area contributed by atoms with E-state index in [1.54, 1.807) is 18.0 Å². The molecule has 132 valence electrons. The molecule has 0 bridgehead atoms. The summed E-state index contributed by atoms with van der Waals surface area (Å²) in [5, 5.41) is 0. The van der Waals surface area contributed by atoms with Crippen LogP contribution in [0.25, 0.3) is 17.2 Å². The Morgan fingerprint density at radius 2 is 1.96 bits per heavy atom. The molecule has 0 spiro atoms. The van der Waals surface area contributed by atoms with Gasteiger partial charge in [0.1, 0.15) is 12.1 Å². The molecule has 1 amide bonds. The molecule has 2 aromatic carbocycles. The highest BCUT2D eigenvalue weighted by atomic mass is 16.6. The molecule has 1 aliphatic rings. The van der Waals surface area contributed by atoms with E-state index in [9.17, 15) is 4.79 Å². The first kappa shape index (κ1) is 16.2. The van der Waals surface area contributed by atoms with Gasteiger partial charge in [0.05, 0.1) is 6.54 Å². The van der Waals surface area contributed by atoms with Gasteiger partial charge in [0, 0.05) is 19.2 Å². The Bertz CT molecular complexity index is 930. The van der Waals surface area contributed by atoms with Crippen LogP contribution in [0.4, 0.5) is 0 Å². The lowest BCUT2D eigenvalue weighted by Crippen LogP contribution is -2.41. The maximum absolute atomic E-state index is 12.3. The molecule has 1 atom stereocenters. The van der Waals surface area contributed by atoms with Crippen molar-refractivity contribution >= 4 is 23.1 Å². The van der Waals surface area contributed by atoms with Gasteiger partial charge in [-0.05, 0) is 24.3 Å². The first-order chi connectivity index (χ1) is 12.7. The third-order valence-electron chi connectivity index (χ3n) is 4.10. The van der Waals surface area contributed by atoms with E-state index in [0.717, 1.165) is 11.3 Å². The predicted molar refractivity (Wildman–Crippen MR) is 97.0 cm³/mol. The van der Waals surface area contributed by atoms with Crippen molar-refractivity contribution in [3.63, 3.8) is 0 Å². The average molecular weight is 350 g/mol. The van der Waals surface area contributed by atoms with Gasteiger partial charge in [0.2, 0.25) is 11.8 Å². The summed E-state index contributed by atoms with van der Waals surface area (Å²) < 4.78 is 17.1. The van der Waals surface area contributed by atoms with Crippen LogP contribution >= 0.6 is 0 Å². The third kappa shape index (κ3) is 3.39. The number of para-hydroxylation sites is 4. The van der Waals surface area contributed by atoms with Crippen molar-refractivity contribution in [1.82, 2.24) is 9.88 Å². The topological polar surface area (TPSA) is 64.8 Å². The van der Waals surface area contributed by atoms with Crippen molar-refractivity contribution in [1.29, 1.82) is 0 Å². The minimum Gasteiger partial charge on any atom is -0.486 e. The van der Waals surface area contributed by atoms with Crippen molar-refractivity contribution < 1.29 is 18.7 Å². The molecule has 0 fully saturated rings. The van der Waals surface area contributed by atoms with Crippen molar-refractivity contribution in [2.24, 2.45) is 0 Å². The summed E-state index contributed by atoms with van der Waals surface area (Å²) in [6.07, 6.45) is 2.81. The number of aromatic nitrogens is 1. The molecule has 3 aromatic rings. The highest BCUT2D eigenvalue weighted by Gasteiger charge is 2.23. The Kier molecular flexibility index (Phi) is 4.31. The Morgan fingerprint density at radius 3 is 2.81 bits per heavy atom. The van der Waals surface area contributed by atoms with E-state index >= 15 is 0 Å². The van der Waals surface area contributed by atoms with E-state index < -0.39 is 0 Å². The molecule has 1 aliphatic heterocycles. The van der Waals surface area contributed by atoms with E-state index in [0.29, 0.717) is 30.4 Å². The van der Waals surface area contributed by atoms with Crippen LogP contribution in [-0.4, -0.2) is 42.1 Å². The second-order valence-electron chi connectivity index (χ2n) is 6.07. The van der Waals surface area contributed by atoms with Gasteiger partial charge < -0.3 is 18.8 Å². The minimum absolute atomic E-state index is 0.158. The highest BCUT2D eigenvalue weighted by Crippen LogP contribution is 2.30. The van der Waals surface area contributed by atoms with Gasteiger partial charge in [0.25, 0.3) is 0 Å². The number of oxazole rings is 1. The summed E-state index contributed by atoms with van der Waals surface area (Å²) in [4.78, 5) is 18.2. The zero-order valence-electron chi connectivity index (χ0n) is 14.3. The van der Waals surface area contributed by atoms with Crippen LogP contribution in [0.1, 0.15) is 5.89 Å². The minimum atomic E-state index is -0.212. The summed E-state index contributed by atoms with van der Waals surface area (Å²) in [7, 11) is 1.72. The van der Waals surface area contributed by atoms with Crippen molar-refractivity contribution in [2.45, 2.75) is 6.10 Å². The third-order valence-corrected chi connectivity index (χ3v) is 4.10. The van der Waals surface area contributed by atoms with Crippen LogP contribution in [0.3, 0.4) is 0 Å². The maximum atomic E-state index is 12.3. The highest BCUT2D eigenvalue weighted by molar-refractivity contribution is 5.91. The number of benzene rings is 2. The van der Waals surface area contributed by atoms with E-state index in [-0.39, 0.29) is 12.0 Å². The van der Waals surface area contributed by atoms with E-state index in [1.807, 2.05) is 48.5 Å². The summed E-state index contributed by atoms with van der Waals surface area (Å²) in [5.74, 6) is 1.68. The first-order valence-corrected chi connectivity index (χ1v) is 8.36. The summed E-state index contributed by atoms with van der Waals surface area (Å²) >= 11 is 0. The van der Waals surface area contributed by atoms with Crippen LogP contribution in [0.2, 0.25) is 0 Å². The van der Waals surface area contributed by atoms with Crippen LogP contribution in [0.15, 0.2) is 59.0 Å². The summed E-state index contributed by atoms with van der Waals surface area (Å²) in [5.41, 5.74) is 1.46. The molecule has 2 heterocycles. The molecule has 6 nitrogen and oxygen atoms in total. The Labute approximate surface area is 150 Å². The second kappa shape index (κ2) is 6.92. The Hall–Kier alpha value is -3.28. The quantitative estimate of drug-likeness (QED) is 0.677. The number of likely N-dealkylation sites (N-methyl/N-ethyl adjacent to an activating group) is 1. The first-order valence-electron chi connectivity index (χ1n) is 8.36. The number of hydrogen-bond donors (Lipinski definition) is 0. The number of amides is 1. The molecule has 26 heavy (non-hydrogen) atoms. The molecule has 1 aromatic heterocycles. The fourth-order valence-corrected chi connectivity index (χ4v) is 2.78. The Morgan fingerprint density at radius 1 is 1.19 bits per heavy atom. The van der Waals surface area contributed by atoms with Gasteiger partial charge in [-0.25, -0.2) is 4.98 Å². The van der Waals surface area contributed by atoms with E-state index in [2.05, 4.69) is 4.98 Å². The number of carbonyl (C=O) groups is 1. The van der Waals surface area contributed by atoms with Gasteiger partial charge in [-0.15, -0.1) is 0 Å². The molecule has 0 N–H and O–H groups in total. The van der Waals surface area contributed by atoms with Crippen molar-refractivity contribution in [3.05, 3.63) is 60.5 Å². The zero-order chi connectivity index (χ0) is 17.9. The van der Waals surface area contributed by atoms with Crippen LogP contribution in [-0.2, 0) is 4.79 Å². The number of nitrogens with zero attached hydrogens (tertiary/aromatic N) is 2. The fourth-order valence-electron chi connectivity index (χ4n) is 2.78. The lowest BCUT2D eigenvalue weighted by molar-refractivity contribution is -0.126. The molecule has 0 radical (unpaired) electrons. The normalized spacial score (nSPS) is 16.1. The summed E-state index contributed by atoms with van der Waals surface area (Å²) in [6.45, 7) is 0.828. The predicted octanol–water partition coefficient (Wildman–Crippen LogP) is 3.14. The Balaban J connectivity index is 1.37. The lowest BCUT2D eigenvalue weighted by Gasteiger charge is -2.29. The molecule has 4 rings (SSSR count). The van der Waals surface area contributed by atoms with Gasteiger partial charge >= 0.3 is 0 Å². The van der Waals surface area contributed by atoms with E-state index in [4.69, 9.17) is 13.9 Å². The lowest BCUT2D eigenvalue weighted by atomic mass is 10.2. The summed E-state index contributed by atoms with van der Waals surface area (Å²) in [6, 6.07) is 15.0. The fraction of sp³-hybridized carbons (Fsp3) is 0.200. The monoisotopic (exact) mass is 350 g/mol. The smallest absolute Gasteiger partial charge is 0.246 e. The van der Waals surface area contributed by atoms with E-state index in [1.165, 1.54) is 6.08 Å². The van der Waals surface area contributed by atoms with Gasteiger partial charge in [0.15, 0.2) is 23.2 Å². The zero-order valence-corrected chi connectivity index (χ0v) is 14.3. The van der Waals surface area contributed by atoms with Crippen LogP contribution in [0.5, 0.6) is 11.5 Å². The van der Waals surface area contributed by atoms with Gasteiger partial charge in [-0.2, -0.15) is 0 Å². The number of hydrogen-bond acceptors (Lipinski definition) is 5. The molecule has 1 unspecified atom stereocenters. The number of fused-ring (bicyclic) bond motifs is 2. The second-order valence-corrected chi connectivity index (χ2v) is 6.07. The molecular weight excluding hydrogens is 332 g/mol. The van der Waals surface area contributed by atoms with Crippen LogP contribution < -0.4 is 9.47 Å². The number of rotatable bonds is 4. The molecule has 0 saturated heterocycles.